The summed E-state index contributed by atoms with van der Waals surface area (Å²) in [6, 6.07) is 65.0. The van der Waals surface area contributed by atoms with Crippen molar-refractivity contribution in [3.8, 4) is 44.5 Å². The van der Waals surface area contributed by atoms with Gasteiger partial charge in [0.05, 0.1) is 73.2 Å². The minimum Gasteiger partial charge on any atom is -0.390 e. The average molecular weight is 1610 g/mol. The summed E-state index contributed by atoms with van der Waals surface area (Å²) >= 11 is 0. The maximum atomic E-state index is 10.3. The molecule has 2 saturated heterocycles. The fraction of sp³-hybridized carbons (Fsp3) is 0.472. The number of aliphatic hydroxyl groups excluding tert-OH is 8. The van der Waals surface area contributed by atoms with Gasteiger partial charge in [-0.15, -0.1) is 26.3 Å². The van der Waals surface area contributed by atoms with Crippen molar-refractivity contribution in [3.63, 3.8) is 0 Å². The molecule has 2 heterocycles. The minimum atomic E-state index is -0.725. The molecule has 12 heteroatoms. The molecule has 12 nitrogen and oxygen atoms in total. The van der Waals surface area contributed by atoms with E-state index in [1.807, 2.05) is 173 Å². The molecule has 2 aliphatic rings. The molecule has 12 atom stereocenters. The van der Waals surface area contributed by atoms with Crippen molar-refractivity contribution >= 4 is 0 Å². The second kappa shape index (κ2) is 52.4. The van der Waals surface area contributed by atoms with E-state index in [-0.39, 0.29) is 24.4 Å². The Morgan fingerprint density at radius 2 is 0.466 bits per heavy atom. The molecular formula is C106H144O12. The molecule has 8 aromatic carbocycles. The van der Waals surface area contributed by atoms with Gasteiger partial charge in [-0.3, -0.25) is 0 Å². The van der Waals surface area contributed by atoms with Crippen molar-refractivity contribution in [2.24, 2.45) is 0 Å². The van der Waals surface area contributed by atoms with E-state index in [2.05, 4.69) is 103 Å². The molecular weight excluding hydrogens is 1470 g/mol. The van der Waals surface area contributed by atoms with Gasteiger partial charge >= 0.3 is 0 Å². The standard InChI is InChI=1S/2C28H38O3.2C25H34O3/c2*1-5-7-8-9-10-11-26-27(31-28(3,4)30-26)20-21-12-14-22(15-13-21)23-16-18-24(19-17-23)25(29)6-2;2*1-3-5-6-7-8-9-24(27)25(28)18-19-10-12-20(13-11-19)21-14-16-22(17-15-21)23(26)4-2/h2*6,12-19,25-27,29H,2,5,7-11,20H2,1,3-4H3;2*4,10-17,23-28H,2-3,5-9,18H2,1H3/t25-,26+,27+;25-,26-,27-;23-,24+,25+;23-,24-,25-/m0101/s1. The SMILES string of the molecule is C=C[C@@H](O)c1ccc(-c2ccc(C[C@@H](O)[C@H](O)CCCCCCC)cc2)cc1.C=C[C@@H](O)c1ccc(-c2ccc(C[C@H]3OC(C)(C)O[C@@H]3CCCCCCC)cc2)cc1.C=C[C@H](O)c1ccc(-c2ccc(C[C@@H](O)[C@H](O)CCCCCCC)cc2)cc1.C=C[C@H](O)c1ccc(-c2ccc(C[C@H]3OC(C)(C)O[C@@H]3CCCCCCC)cc2)cc1. The van der Waals surface area contributed by atoms with E-state index in [9.17, 15) is 40.9 Å². The lowest BCUT2D eigenvalue weighted by atomic mass is 9.97. The quantitative estimate of drug-likeness (QED) is 0.0133. The number of hydrogen-bond acceptors (Lipinski definition) is 12. The lowest BCUT2D eigenvalue weighted by Crippen LogP contribution is -2.27. The highest BCUT2D eigenvalue weighted by Gasteiger charge is 2.42. The normalized spacial score (nSPS) is 18.0. The van der Waals surface area contributed by atoms with Gasteiger partial charge in [0.1, 0.15) is 0 Å². The molecule has 640 valence electrons. The second-order valence-electron chi connectivity index (χ2n) is 33.3. The van der Waals surface area contributed by atoms with Gasteiger partial charge in [-0.05, 0) is 142 Å². The first-order chi connectivity index (χ1) is 56.9. The van der Waals surface area contributed by atoms with E-state index in [0.717, 1.165) is 118 Å². The summed E-state index contributed by atoms with van der Waals surface area (Å²) in [6.07, 6.45) is 31.7. The topological polar surface area (TPSA) is 199 Å². The summed E-state index contributed by atoms with van der Waals surface area (Å²) in [6.45, 7) is 31.4. The monoisotopic (exact) mass is 1610 g/mol. The first-order valence-corrected chi connectivity index (χ1v) is 44.4. The molecule has 8 aromatic rings. The zero-order chi connectivity index (χ0) is 85.2. The van der Waals surface area contributed by atoms with Gasteiger partial charge in [0.2, 0.25) is 0 Å². The van der Waals surface area contributed by atoms with Gasteiger partial charge in [0.25, 0.3) is 0 Å². The highest BCUT2D eigenvalue weighted by molar-refractivity contribution is 5.67. The smallest absolute Gasteiger partial charge is 0.163 e. The second-order valence-corrected chi connectivity index (χ2v) is 33.3. The minimum absolute atomic E-state index is 0.103. The molecule has 0 unspecified atom stereocenters. The van der Waals surface area contributed by atoms with E-state index in [4.69, 9.17) is 18.9 Å². The zero-order valence-electron chi connectivity index (χ0n) is 72.6. The Hall–Kier alpha value is -7.76. The number of hydrogen-bond donors (Lipinski definition) is 8. The fourth-order valence-corrected chi connectivity index (χ4v) is 15.4. The molecule has 8 N–H and O–H groups in total. The third-order valence-corrected chi connectivity index (χ3v) is 22.7. The fourth-order valence-electron chi connectivity index (χ4n) is 15.4. The van der Waals surface area contributed by atoms with Crippen LogP contribution < -0.4 is 0 Å². The summed E-state index contributed by atoms with van der Waals surface area (Å²) < 4.78 is 24.9. The maximum absolute atomic E-state index is 10.3. The number of rotatable bonds is 46. The Bertz CT molecular complexity index is 3790. The van der Waals surface area contributed by atoms with E-state index < -0.39 is 60.4 Å². The van der Waals surface area contributed by atoms with E-state index in [0.29, 0.717) is 25.7 Å². The van der Waals surface area contributed by atoms with Crippen LogP contribution in [0.3, 0.4) is 0 Å². The van der Waals surface area contributed by atoms with Gasteiger partial charge in [-0.2, -0.15) is 0 Å². The summed E-state index contributed by atoms with van der Waals surface area (Å²) in [4.78, 5) is 0. The molecule has 0 aliphatic carbocycles. The van der Waals surface area contributed by atoms with Crippen molar-refractivity contribution in [2.75, 3.05) is 0 Å². The van der Waals surface area contributed by atoms with Crippen LogP contribution in [0.5, 0.6) is 0 Å². The third kappa shape index (κ3) is 33.7. The number of ether oxygens (including phenoxy) is 4. The van der Waals surface area contributed by atoms with Gasteiger partial charge < -0.3 is 59.8 Å². The first-order valence-electron chi connectivity index (χ1n) is 44.4. The number of benzene rings is 8. The molecule has 0 spiro atoms. The molecule has 10 rings (SSSR count). The Morgan fingerprint density at radius 1 is 0.263 bits per heavy atom. The highest BCUT2D eigenvalue weighted by Crippen LogP contribution is 2.37. The summed E-state index contributed by atoms with van der Waals surface area (Å²) in [7, 11) is 0. The van der Waals surface area contributed by atoms with Crippen LogP contribution in [-0.4, -0.2) is 101 Å². The van der Waals surface area contributed by atoms with Crippen molar-refractivity contribution in [2.45, 2.75) is 320 Å². The van der Waals surface area contributed by atoms with Crippen molar-refractivity contribution in [3.05, 3.63) is 289 Å². The van der Waals surface area contributed by atoms with Gasteiger partial charge in [0.15, 0.2) is 11.6 Å². The Balaban J connectivity index is 0.000000217. The van der Waals surface area contributed by atoms with Crippen LogP contribution in [0.1, 0.15) is 278 Å². The van der Waals surface area contributed by atoms with Crippen LogP contribution in [0.25, 0.3) is 44.5 Å². The summed E-state index contributed by atoms with van der Waals surface area (Å²) in [5, 5.41) is 80.2. The van der Waals surface area contributed by atoms with Crippen LogP contribution >= 0.6 is 0 Å². The van der Waals surface area contributed by atoms with Gasteiger partial charge in [0, 0.05) is 25.7 Å². The molecule has 0 saturated carbocycles. The summed E-state index contributed by atoms with van der Waals surface area (Å²) in [5.41, 5.74) is 16.8. The number of unbranched alkanes of at least 4 members (excludes halogenated alkanes) is 16. The lowest BCUT2D eigenvalue weighted by Gasteiger charge is -2.18. The van der Waals surface area contributed by atoms with Crippen LogP contribution in [0.4, 0.5) is 0 Å². The van der Waals surface area contributed by atoms with E-state index >= 15 is 0 Å². The van der Waals surface area contributed by atoms with E-state index in [1.165, 1.54) is 137 Å². The van der Waals surface area contributed by atoms with Crippen molar-refractivity contribution in [1.29, 1.82) is 0 Å². The molecule has 0 amide bonds. The Labute approximate surface area is 709 Å². The van der Waals surface area contributed by atoms with Crippen LogP contribution in [0, 0.1) is 0 Å². The highest BCUT2D eigenvalue weighted by atomic mass is 16.8. The molecule has 2 aliphatic heterocycles. The molecule has 0 aromatic heterocycles. The number of aliphatic hydroxyl groups is 8. The predicted molar refractivity (Wildman–Crippen MR) is 488 cm³/mol. The van der Waals surface area contributed by atoms with Crippen LogP contribution in [0.2, 0.25) is 0 Å². The van der Waals surface area contributed by atoms with Crippen molar-refractivity contribution in [1.82, 2.24) is 0 Å². The van der Waals surface area contributed by atoms with Gasteiger partial charge in [-0.1, -0.05) is 375 Å². The Kier molecular flexibility index (Phi) is 43.3. The zero-order valence-corrected chi connectivity index (χ0v) is 72.6. The maximum Gasteiger partial charge on any atom is 0.163 e. The van der Waals surface area contributed by atoms with Crippen LogP contribution in [0.15, 0.2) is 245 Å². The molecule has 0 bridgehead atoms. The average Bonchev–Trinajstić information content (AvgIpc) is 1.68. The molecule has 118 heavy (non-hydrogen) atoms. The third-order valence-electron chi connectivity index (χ3n) is 22.7. The van der Waals surface area contributed by atoms with Crippen LogP contribution in [-0.2, 0) is 44.6 Å². The molecule has 0 radical (unpaired) electrons. The first kappa shape index (κ1) is 97.4. The van der Waals surface area contributed by atoms with Gasteiger partial charge in [-0.25, -0.2) is 0 Å². The largest absolute Gasteiger partial charge is 0.390 e. The Morgan fingerprint density at radius 3 is 0.695 bits per heavy atom. The van der Waals surface area contributed by atoms with E-state index in [1.54, 1.807) is 12.2 Å². The lowest BCUT2D eigenvalue weighted by molar-refractivity contribution is -0.147. The molecule has 2 fully saturated rings. The predicted octanol–water partition coefficient (Wildman–Crippen LogP) is 24.4. The van der Waals surface area contributed by atoms with Crippen molar-refractivity contribution < 1.29 is 59.8 Å². The summed E-state index contributed by atoms with van der Waals surface area (Å²) in [5.74, 6) is -1.01.